The van der Waals surface area contributed by atoms with Gasteiger partial charge in [0.15, 0.2) is 0 Å². The summed E-state index contributed by atoms with van der Waals surface area (Å²) < 4.78 is 0. The highest BCUT2D eigenvalue weighted by atomic mass is 16.2. The molecule has 0 aliphatic rings. The van der Waals surface area contributed by atoms with Gasteiger partial charge in [-0.05, 0) is 48.7 Å². The van der Waals surface area contributed by atoms with Crippen molar-refractivity contribution in [3.05, 3.63) is 48.3 Å². The van der Waals surface area contributed by atoms with Gasteiger partial charge in [0.2, 0.25) is 5.91 Å². The van der Waals surface area contributed by atoms with Crippen LogP contribution in [0, 0.1) is 5.92 Å². The van der Waals surface area contributed by atoms with Gasteiger partial charge in [-0.2, -0.15) is 0 Å². The van der Waals surface area contributed by atoms with Crippen molar-refractivity contribution in [1.29, 1.82) is 0 Å². The number of pyridine rings is 1. The van der Waals surface area contributed by atoms with Gasteiger partial charge >= 0.3 is 0 Å². The van der Waals surface area contributed by atoms with E-state index < -0.39 is 0 Å². The average Bonchev–Trinajstić information content (AvgIpc) is 2.56. The maximum absolute atomic E-state index is 12.1. The lowest BCUT2D eigenvalue weighted by Gasteiger charge is -2.10. The lowest BCUT2D eigenvalue weighted by atomic mass is 10.1. The SMILES string of the molecule is CC(=O)Nc1ccc(Nc2ccnc(C(=O)NCCC(C)C)c2)cc1. The molecule has 2 aromatic rings. The third-order valence-corrected chi connectivity index (χ3v) is 3.49. The summed E-state index contributed by atoms with van der Waals surface area (Å²) in [7, 11) is 0. The van der Waals surface area contributed by atoms with Crippen LogP contribution in [-0.4, -0.2) is 23.3 Å². The molecule has 2 rings (SSSR count). The lowest BCUT2D eigenvalue weighted by Crippen LogP contribution is -2.26. The molecule has 6 heteroatoms. The van der Waals surface area contributed by atoms with Crippen LogP contribution in [0.3, 0.4) is 0 Å². The van der Waals surface area contributed by atoms with Gasteiger partial charge < -0.3 is 16.0 Å². The normalized spacial score (nSPS) is 10.4. The van der Waals surface area contributed by atoms with Gasteiger partial charge in [0.1, 0.15) is 5.69 Å². The smallest absolute Gasteiger partial charge is 0.269 e. The molecule has 3 N–H and O–H groups in total. The topological polar surface area (TPSA) is 83.1 Å². The molecule has 0 saturated heterocycles. The van der Waals surface area contributed by atoms with Crippen molar-refractivity contribution in [3.8, 4) is 0 Å². The van der Waals surface area contributed by atoms with E-state index in [1.54, 1.807) is 18.3 Å². The second-order valence-electron chi connectivity index (χ2n) is 6.25. The van der Waals surface area contributed by atoms with E-state index in [1.807, 2.05) is 24.3 Å². The summed E-state index contributed by atoms with van der Waals surface area (Å²) in [6.07, 6.45) is 2.54. The standard InChI is InChI=1S/C19H24N4O2/c1-13(2)8-10-21-19(25)18-12-17(9-11-20-18)23-16-6-4-15(5-7-16)22-14(3)24/h4-7,9,11-13H,8,10H2,1-3H3,(H,20,23)(H,21,25)(H,22,24). The molecule has 1 aromatic heterocycles. The first kappa shape index (κ1) is 18.4. The lowest BCUT2D eigenvalue weighted by molar-refractivity contribution is -0.114. The van der Waals surface area contributed by atoms with Gasteiger partial charge in [0.25, 0.3) is 5.91 Å². The van der Waals surface area contributed by atoms with E-state index in [4.69, 9.17) is 0 Å². The predicted molar refractivity (Wildman–Crippen MR) is 100 cm³/mol. The summed E-state index contributed by atoms with van der Waals surface area (Å²) in [6, 6.07) is 10.8. The summed E-state index contributed by atoms with van der Waals surface area (Å²) in [5.74, 6) is 0.259. The van der Waals surface area contributed by atoms with Gasteiger partial charge in [-0.15, -0.1) is 0 Å². The zero-order valence-electron chi connectivity index (χ0n) is 14.8. The van der Waals surface area contributed by atoms with Crippen molar-refractivity contribution in [3.63, 3.8) is 0 Å². The summed E-state index contributed by atoms with van der Waals surface area (Å²) in [6.45, 7) is 6.34. The summed E-state index contributed by atoms with van der Waals surface area (Å²) >= 11 is 0. The maximum Gasteiger partial charge on any atom is 0.269 e. The molecular weight excluding hydrogens is 316 g/mol. The van der Waals surface area contributed by atoms with Gasteiger partial charge in [-0.1, -0.05) is 13.8 Å². The van der Waals surface area contributed by atoms with Crippen LogP contribution in [0.25, 0.3) is 0 Å². The minimum Gasteiger partial charge on any atom is -0.355 e. The van der Waals surface area contributed by atoms with Crippen molar-refractivity contribution in [2.45, 2.75) is 27.2 Å². The zero-order valence-corrected chi connectivity index (χ0v) is 14.8. The third-order valence-electron chi connectivity index (χ3n) is 3.49. The molecule has 1 aromatic carbocycles. The van der Waals surface area contributed by atoms with E-state index >= 15 is 0 Å². The number of nitrogens with one attached hydrogen (secondary N) is 3. The Kier molecular flexibility index (Phi) is 6.51. The van der Waals surface area contributed by atoms with Gasteiger partial charge in [-0.25, -0.2) is 0 Å². The maximum atomic E-state index is 12.1. The molecule has 0 atom stereocenters. The molecule has 25 heavy (non-hydrogen) atoms. The summed E-state index contributed by atoms with van der Waals surface area (Å²) in [4.78, 5) is 27.3. The highest BCUT2D eigenvalue weighted by Crippen LogP contribution is 2.19. The molecular formula is C19H24N4O2. The van der Waals surface area contributed by atoms with Crippen LogP contribution >= 0.6 is 0 Å². The number of carbonyl (C=O) groups is 2. The predicted octanol–water partition coefficient (Wildman–Crippen LogP) is 3.56. The van der Waals surface area contributed by atoms with Crippen molar-refractivity contribution >= 4 is 28.9 Å². The van der Waals surface area contributed by atoms with Gasteiger partial charge in [-0.3, -0.25) is 14.6 Å². The number of aromatic nitrogens is 1. The highest BCUT2D eigenvalue weighted by Gasteiger charge is 2.08. The Morgan fingerprint density at radius 2 is 1.72 bits per heavy atom. The number of hydrogen-bond donors (Lipinski definition) is 3. The van der Waals surface area contributed by atoms with Crippen LogP contribution in [0.15, 0.2) is 42.6 Å². The number of rotatable bonds is 7. The quantitative estimate of drug-likeness (QED) is 0.720. The minimum absolute atomic E-state index is 0.108. The number of anilines is 3. The van der Waals surface area contributed by atoms with E-state index in [2.05, 4.69) is 34.8 Å². The first-order valence-corrected chi connectivity index (χ1v) is 8.33. The molecule has 132 valence electrons. The number of carbonyl (C=O) groups excluding carboxylic acids is 2. The molecule has 1 heterocycles. The Morgan fingerprint density at radius 1 is 1.04 bits per heavy atom. The van der Waals surface area contributed by atoms with Crippen LogP contribution in [-0.2, 0) is 4.79 Å². The van der Waals surface area contributed by atoms with E-state index in [0.717, 1.165) is 23.5 Å². The van der Waals surface area contributed by atoms with E-state index in [9.17, 15) is 9.59 Å². The molecule has 2 amide bonds. The molecule has 0 saturated carbocycles. The van der Waals surface area contributed by atoms with Crippen molar-refractivity contribution in [2.75, 3.05) is 17.2 Å². The number of benzene rings is 1. The fourth-order valence-electron chi connectivity index (χ4n) is 2.20. The van der Waals surface area contributed by atoms with Crippen LogP contribution in [0.2, 0.25) is 0 Å². The van der Waals surface area contributed by atoms with E-state index in [-0.39, 0.29) is 11.8 Å². The second kappa shape index (κ2) is 8.82. The Hall–Kier alpha value is -2.89. The minimum atomic E-state index is -0.176. The molecule has 0 aliphatic heterocycles. The van der Waals surface area contributed by atoms with Crippen LogP contribution in [0.5, 0.6) is 0 Å². The highest BCUT2D eigenvalue weighted by molar-refractivity contribution is 5.93. The molecule has 0 radical (unpaired) electrons. The Balaban J connectivity index is 1.98. The first-order valence-electron chi connectivity index (χ1n) is 8.33. The van der Waals surface area contributed by atoms with E-state index in [1.165, 1.54) is 6.92 Å². The fourth-order valence-corrected chi connectivity index (χ4v) is 2.20. The number of hydrogen-bond acceptors (Lipinski definition) is 4. The Bertz CT molecular complexity index is 726. The first-order chi connectivity index (χ1) is 11.9. The van der Waals surface area contributed by atoms with Crippen LogP contribution < -0.4 is 16.0 Å². The number of nitrogens with zero attached hydrogens (tertiary/aromatic N) is 1. The Morgan fingerprint density at radius 3 is 2.36 bits per heavy atom. The fraction of sp³-hybridized carbons (Fsp3) is 0.316. The summed E-state index contributed by atoms with van der Waals surface area (Å²) in [5, 5.41) is 8.82. The number of amides is 2. The van der Waals surface area contributed by atoms with Crippen molar-refractivity contribution in [2.24, 2.45) is 5.92 Å². The van der Waals surface area contributed by atoms with Crippen molar-refractivity contribution in [1.82, 2.24) is 10.3 Å². The molecule has 0 aliphatic carbocycles. The molecule has 0 fully saturated rings. The molecule has 0 bridgehead atoms. The van der Waals surface area contributed by atoms with Crippen LogP contribution in [0.1, 0.15) is 37.7 Å². The molecule has 0 spiro atoms. The molecule has 6 nitrogen and oxygen atoms in total. The molecule has 0 unspecified atom stereocenters. The zero-order chi connectivity index (χ0) is 18.2. The average molecular weight is 340 g/mol. The van der Waals surface area contributed by atoms with Crippen molar-refractivity contribution < 1.29 is 9.59 Å². The Labute approximate surface area is 148 Å². The van der Waals surface area contributed by atoms with Gasteiger partial charge in [0.05, 0.1) is 0 Å². The monoisotopic (exact) mass is 340 g/mol. The van der Waals surface area contributed by atoms with Crippen LogP contribution in [0.4, 0.5) is 17.1 Å². The third kappa shape index (κ3) is 6.25. The largest absolute Gasteiger partial charge is 0.355 e. The van der Waals surface area contributed by atoms with E-state index in [0.29, 0.717) is 18.2 Å². The summed E-state index contributed by atoms with van der Waals surface area (Å²) in [5.41, 5.74) is 2.74. The second-order valence-corrected chi connectivity index (χ2v) is 6.25. The van der Waals surface area contributed by atoms with Gasteiger partial charge in [0, 0.05) is 36.7 Å².